The highest BCUT2D eigenvalue weighted by Crippen LogP contribution is 2.52. The predicted octanol–water partition coefficient (Wildman–Crippen LogP) is -0.233. The summed E-state index contributed by atoms with van der Waals surface area (Å²) in [7, 11) is 0. The second-order valence-electron chi connectivity index (χ2n) is 10.0. The lowest BCUT2D eigenvalue weighted by Crippen LogP contribution is -2.60. The molecule has 2 saturated carbocycles. The Bertz CT molecular complexity index is 551. The van der Waals surface area contributed by atoms with Crippen molar-refractivity contribution in [2.75, 3.05) is 13.2 Å². The van der Waals surface area contributed by atoms with Gasteiger partial charge in [-0.15, -0.1) is 0 Å². The number of ether oxygens (including phenoxy) is 2. The van der Waals surface area contributed by atoms with E-state index < -0.39 is 48.5 Å². The van der Waals surface area contributed by atoms with Crippen LogP contribution in [0.1, 0.15) is 52.9 Å². The zero-order valence-corrected chi connectivity index (χ0v) is 17.6. The van der Waals surface area contributed by atoms with E-state index in [-0.39, 0.29) is 30.3 Å². The van der Waals surface area contributed by atoms with Crippen LogP contribution in [0.15, 0.2) is 0 Å². The lowest BCUT2D eigenvalue weighted by Gasteiger charge is -2.45. The summed E-state index contributed by atoms with van der Waals surface area (Å²) in [5.41, 5.74) is -1.54. The van der Waals surface area contributed by atoms with Gasteiger partial charge in [-0.25, -0.2) is 0 Å². The highest BCUT2D eigenvalue weighted by Gasteiger charge is 2.52. The molecule has 0 aromatic heterocycles. The number of hydrogen-bond donors (Lipinski definition) is 6. The summed E-state index contributed by atoms with van der Waals surface area (Å²) in [6.45, 7) is 5.30. The molecule has 0 aromatic rings. The van der Waals surface area contributed by atoms with Gasteiger partial charge in [-0.3, -0.25) is 0 Å². The molecule has 8 nitrogen and oxygen atoms in total. The predicted molar refractivity (Wildman–Crippen MR) is 104 cm³/mol. The van der Waals surface area contributed by atoms with Gasteiger partial charge < -0.3 is 40.1 Å². The van der Waals surface area contributed by atoms with E-state index in [1.807, 2.05) is 20.8 Å². The first-order valence-electron chi connectivity index (χ1n) is 10.8. The Morgan fingerprint density at radius 1 is 1.00 bits per heavy atom. The second kappa shape index (κ2) is 8.67. The van der Waals surface area contributed by atoms with Gasteiger partial charge in [0.1, 0.15) is 24.4 Å². The van der Waals surface area contributed by atoms with Crippen molar-refractivity contribution in [1.82, 2.24) is 0 Å². The third kappa shape index (κ3) is 4.50. The van der Waals surface area contributed by atoms with Gasteiger partial charge in [0.2, 0.25) is 0 Å². The standard InChI is InChI=1S/C21H38O8/c1-20(2,29-19-18(26)17(25)16(24)15(10-23)28-19)12-6-7-21(3,27)14-5-4-11(9-22)13(14)8-12/h11-19,22-27H,4-10H2,1-3H3/t11-,12+,13+,14+,15+,16+,17-,18+,19-,21-/m0/s1. The molecule has 1 heterocycles. The molecule has 3 fully saturated rings. The van der Waals surface area contributed by atoms with Crippen LogP contribution in [-0.4, -0.2) is 85.8 Å². The molecular weight excluding hydrogens is 380 g/mol. The highest BCUT2D eigenvalue weighted by atomic mass is 16.7. The third-order valence-corrected chi connectivity index (χ3v) is 7.81. The Kier molecular flexibility index (Phi) is 6.98. The van der Waals surface area contributed by atoms with Crippen molar-refractivity contribution >= 4 is 0 Å². The smallest absolute Gasteiger partial charge is 0.187 e. The summed E-state index contributed by atoms with van der Waals surface area (Å²) < 4.78 is 11.7. The van der Waals surface area contributed by atoms with Crippen LogP contribution in [0.5, 0.6) is 0 Å². The fourth-order valence-electron chi connectivity index (χ4n) is 5.80. The average Bonchev–Trinajstić information content (AvgIpc) is 3.03. The Hall–Kier alpha value is -0.320. The van der Waals surface area contributed by atoms with Crippen LogP contribution in [0, 0.1) is 23.7 Å². The summed E-state index contributed by atoms with van der Waals surface area (Å²) >= 11 is 0. The minimum Gasteiger partial charge on any atom is -0.396 e. The van der Waals surface area contributed by atoms with Crippen molar-refractivity contribution in [2.45, 2.75) is 94.8 Å². The van der Waals surface area contributed by atoms with Gasteiger partial charge in [-0.05, 0) is 76.5 Å². The monoisotopic (exact) mass is 418 g/mol. The first-order valence-corrected chi connectivity index (χ1v) is 10.8. The zero-order chi connectivity index (χ0) is 21.6. The maximum Gasteiger partial charge on any atom is 0.187 e. The Morgan fingerprint density at radius 3 is 2.31 bits per heavy atom. The normalized spacial score (nSPS) is 48.9. The summed E-state index contributed by atoms with van der Waals surface area (Å²) in [6.07, 6.45) is -2.58. The van der Waals surface area contributed by atoms with Crippen molar-refractivity contribution in [3.05, 3.63) is 0 Å². The van der Waals surface area contributed by atoms with E-state index in [1.165, 1.54) is 0 Å². The Labute approximate surface area is 172 Å². The largest absolute Gasteiger partial charge is 0.396 e. The van der Waals surface area contributed by atoms with Crippen molar-refractivity contribution in [3.63, 3.8) is 0 Å². The summed E-state index contributed by atoms with van der Waals surface area (Å²) in [6, 6.07) is 0. The van der Waals surface area contributed by atoms with Crippen molar-refractivity contribution in [3.8, 4) is 0 Å². The molecule has 1 saturated heterocycles. The van der Waals surface area contributed by atoms with Gasteiger partial charge in [0.15, 0.2) is 6.29 Å². The number of hydrogen-bond acceptors (Lipinski definition) is 8. The third-order valence-electron chi connectivity index (χ3n) is 7.81. The average molecular weight is 419 g/mol. The molecule has 6 N–H and O–H groups in total. The van der Waals surface area contributed by atoms with Crippen LogP contribution in [0.4, 0.5) is 0 Å². The number of aliphatic hydroxyl groups excluding tert-OH is 5. The maximum atomic E-state index is 11.0. The molecule has 10 atom stereocenters. The molecule has 0 spiro atoms. The first kappa shape index (κ1) is 23.3. The van der Waals surface area contributed by atoms with E-state index in [1.54, 1.807) is 0 Å². The van der Waals surface area contributed by atoms with Gasteiger partial charge >= 0.3 is 0 Å². The summed E-state index contributed by atoms with van der Waals surface area (Å²) in [5.74, 6) is 0.548. The number of fused-ring (bicyclic) bond motifs is 1. The fourth-order valence-corrected chi connectivity index (χ4v) is 5.80. The Balaban J connectivity index is 1.76. The quantitative estimate of drug-likeness (QED) is 0.360. The van der Waals surface area contributed by atoms with Gasteiger partial charge in [0, 0.05) is 6.61 Å². The van der Waals surface area contributed by atoms with Crippen LogP contribution in [0.2, 0.25) is 0 Å². The molecule has 3 rings (SSSR count). The molecule has 8 heteroatoms. The van der Waals surface area contributed by atoms with Gasteiger partial charge in [-0.1, -0.05) is 0 Å². The lowest BCUT2D eigenvalue weighted by atomic mass is 9.76. The molecule has 170 valence electrons. The topological polar surface area (TPSA) is 140 Å². The second-order valence-corrected chi connectivity index (χ2v) is 10.0. The van der Waals surface area contributed by atoms with E-state index in [2.05, 4.69) is 0 Å². The van der Waals surface area contributed by atoms with E-state index >= 15 is 0 Å². The number of aliphatic hydroxyl groups is 6. The van der Waals surface area contributed by atoms with Crippen LogP contribution < -0.4 is 0 Å². The highest BCUT2D eigenvalue weighted by molar-refractivity contribution is 5.01. The zero-order valence-electron chi connectivity index (χ0n) is 17.6. The molecule has 3 aliphatic rings. The SMILES string of the molecule is CC(C)(O[C@@H]1O[C@H](CO)[C@@H](O)[C@H](O)[C@H]1O)[C@@H]1CC[C@](C)(O)[C@@H]2CC[C@@H](CO)[C@H]2C1. The summed E-state index contributed by atoms with van der Waals surface area (Å²) in [5, 5.41) is 60.6. The van der Waals surface area contributed by atoms with Crippen molar-refractivity contribution in [1.29, 1.82) is 0 Å². The first-order chi connectivity index (χ1) is 13.5. The molecule has 29 heavy (non-hydrogen) atoms. The lowest BCUT2D eigenvalue weighted by molar-refractivity contribution is -0.329. The van der Waals surface area contributed by atoms with E-state index in [0.29, 0.717) is 6.42 Å². The molecule has 1 aliphatic heterocycles. The van der Waals surface area contributed by atoms with Crippen LogP contribution in [-0.2, 0) is 9.47 Å². The fraction of sp³-hybridized carbons (Fsp3) is 1.00. The summed E-state index contributed by atoms with van der Waals surface area (Å²) in [4.78, 5) is 0. The minimum atomic E-state index is -1.48. The molecule has 0 amide bonds. The molecule has 0 radical (unpaired) electrons. The van der Waals surface area contributed by atoms with Gasteiger partial charge in [0.05, 0.1) is 17.8 Å². The van der Waals surface area contributed by atoms with Crippen LogP contribution in [0.3, 0.4) is 0 Å². The Morgan fingerprint density at radius 2 is 1.69 bits per heavy atom. The molecule has 0 bridgehead atoms. The van der Waals surface area contributed by atoms with E-state index in [0.717, 1.165) is 25.7 Å². The van der Waals surface area contributed by atoms with Crippen molar-refractivity contribution < 1.29 is 40.1 Å². The molecular formula is C21H38O8. The van der Waals surface area contributed by atoms with Crippen LogP contribution in [0.25, 0.3) is 0 Å². The van der Waals surface area contributed by atoms with Gasteiger partial charge in [0.25, 0.3) is 0 Å². The molecule has 0 unspecified atom stereocenters. The van der Waals surface area contributed by atoms with E-state index in [4.69, 9.17) is 9.47 Å². The molecule has 0 aromatic carbocycles. The minimum absolute atomic E-state index is 0.0449. The molecule has 2 aliphatic carbocycles. The van der Waals surface area contributed by atoms with Gasteiger partial charge in [-0.2, -0.15) is 0 Å². The van der Waals surface area contributed by atoms with E-state index in [9.17, 15) is 30.6 Å². The maximum absolute atomic E-state index is 11.0. The van der Waals surface area contributed by atoms with Crippen LogP contribution >= 0.6 is 0 Å². The van der Waals surface area contributed by atoms with Crippen molar-refractivity contribution in [2.24, 2.45) is 23.7 Å². The number of rotatable bonds is 5.